The summed E-state index contributed by atoms with van der Waals surface area (Å²) < 4.78 is 0.954. The van der Waals surface area contributed by atoms with E-state index in [0.717, 1.165) is 21.5 Å². The molecule has 0 aliphatic heterocycles. The lowest BCUT2D eigenvalue weighted by atomic mass is 10.1. The van der Waals surface area contributed by atoms with Gasteiger partial charge in [0.05, 0.1) is 11.6 Å². The molecule has 0 aromatic heterocycles. The van der Waals surface area contributed by atoms with Crippen LogP contribution in [0.1, 0.15) is 21.5 Å². The third-order valence-electron chi connectivity index (χ3n) is 3.03. The van der Waals surface area contributed by atoms with Crippen LogP contribution in [0.5, 0.6) is 0 Å². The van der Waals surface area contributed by atoms with Crippen LogP contribution in [0.2, 0.25) is 0 Å². The molecule has 5 heteroatoms. The second-order valence-corrected chi connectivity index (χ2v) is 6.61. The number of rotatable bonds is 6. The molecule has 112 valence electrons. The summed E-state index contributed by atoms with van der Waals surface area (Å²) in [7, 11) is 0. The van der Waals surface area contributed by atoms with Crippen LogP contribution in [0.25, 0.3) is 0 Å². The zero-order valence-corrected chi connectivity index (χ0v) is 14.3. The molecule has 0 saturated carbocycles. The van der Waals surface area contributed by atoms with Crippen LogP contribution in [0.4, 0.5) is 0 Å². The Morgan fingerprint density at radius 2 is 1.91 bits per heavy atom. The molecule has 0 saturated heterocycles. The van der Waals surface area contributed by atoms with Crippen LogP contribution in [0, 0.1) is 11.3 Å². The van der Waals surface area contributed by atoms with Gasteiger partial charge in [-0.05, 0) is 35.9 Å². The molecule has 22 heavy (non-hydrogen) atoms. The van der Waals surface area contributed by atoms with Gasteiger partial charge in [-0.25, -0.2) is 0 Å². The van der Waals surface area contributed by atoms with E-state index in [9.17, 15) is 4.79 Å². The van der Waals surface area contributed by atoms with Crippen molar-refractivity contribution in [2.45, 2.75) is 5.75 Å². The number of amides is 1. The van der Waals surface area contributed by atoms with Crippen LogP contribution in [0.3, 0.4) is 0 Å². The van der Waals surface area contributed by atoms with E-state index >= 15 is 0 Å². The molecule has 0 radical (unpaired) electrons. The number of hydrogen-bond donors (Lipinski definition) is 1. The van der Waals surface area contributed by atoms with Crippen LogP contribution < -0.4 is 5.32 Å². The summed E-state index contributed by atoms with van der Waals surface area (Å²) in [6.07, 6.45) is 0. The number of benzene rings is 2. The highest BCUT2D eigenvalue weighted by Gasteiger charge is 2.04. The second-order valence-electron chi connectivity index (χ2n) is 4.58. The van der Waals surface area contributed by atoms with Crippen molar-refractivity contribution in [1.82, 2.24) is 5.32 Å². The Kier molecular flexibility index (Phi) is 6.50. The quantitative estimate of drug-likeness (QED) is 0.777. The Morgan fingerprint density at radius 1 is 1.18 bits per heavy atom. The Morgan fingerprint density at radius 3 is 2.64 bits per heavy atom. The van der Waals surface area contributed by atoms with Crippen molar-refractivity contribution in [2.24, 2.45) is 0 Å². The van der Waals surface area contributed by atoms with Gasteiger partial charge in [0.25, 0.3) is 5.91 Å². The first-order chi connectivity index (χ1) is 10.7. The standard InChI is InChI=1S/C17H15BrN2OS/c18-16-7-5-13(6-8-16)17(21)20-9-10-22-12-15-4-2-1-3-14(15)11-19/h1-8H,9-10,12H2,(H,20,21). The summed E-state index contributed by atoms with van der Waals surface area (Å²) in [5.41, 5.74) is 2.41. The number of carbonyl (C=O) groups is 1. The average molecular weight is 375 g/mol. The van der Waals surface area contributed by atoms with E-state index in [1.165, 1.54) is 0 Å². The third-order valence-corrected chi connectivity index (χ3v) is 4.57. The van der Waals surface area contributed by atoms with Crippen molar-refractivity contribution in [3.63, 3.8) is 0 Å². The molecule has 1 N–H and O–H groups in total. The van der Waals surface area contributed by atoms with Gasteiger partial charge in [-0.3, -0.25) is 4.79 Å². The maximum atomic E-state index is 11.9. The summed E-state index contributed by atoms with van der Waals surface area (Å²) in [5.74, 6) is 1.52. The van der Waals surface area contributed by atoms with Gasteiger partial charge < -0.3 is 5.32 Å². The molecule has 0 aliphatic carbocycles. The lowest BCUT2D eigenvalue weighted by Gasteiger charge is -2.06. The predicted molar refractivity (Wildman–Crippen MR) is 93.8 cm³/mol. The molecule has 0 spiro atoms. The Balaban J connectivity index is 1.72. The molecule has 0 fully saturated rings. The van der Waals surface area contributed by atoms with E-state index < -0.39 is 0 Å². The van der Waals surface area contributed by atoms with E-state index in [1.807, 2.05) is 36.4 Å². The number of halogens is 1. The number of nitrogens with one attached hydrogen (secondary N) is 1. The van der Waals surface area contributed by atoms with Gasteiger partial charge in [-0.1, -0.05) is 34.1 Å². The number of thioether (sulfide) groups is 1. The molecule has 0 aliphatic rings. The third kappa shape index (κ3) is 4.90. The molecule has 2 aromatic carbocycles. The zero-order valence-electron chi connectivity index (χ0n) is 11.9. The molecule has 0 heterocycles. The molecule has 2 aromatic rings. The number of nitrogens with zero attached hydrogens (tertiary/aromatic N) is 1. The number of nitriles is 1. The van der Waals surface area contributed by atoms with Gasteiger partial charge in [-0.2, -0.15) is 17.0 Å². The zero-order chi connectivity index (χ0) is 15.8. The van der Waals surface area contributed by atoms with Crippen molar-refractivity contribution in [1.29, 1.82) is 5.26 Å². The first-order valence-corrected chi connectivity index (χ1v) is 8.75. The minimum atomic E-state index is -0.0643. The van der Waals surface area contributed by atoms with Crippen molar-refractivity contribution < 1.29 is 4.79 Å². The maximum Gasteiger partial charge on any atom is 0.251 e. The van der Waals surface area contributed by atoms with Crippen LogP contribution in [-0.2, 0) is 5.75 Å². The fraction of sp³-hybridized carbons (Fsp3) is 0.176. The Labute approximate surface area is 142 Å². The van der Waals surface area contributed by atoms with Gasteiger partial charge in [0, 0.05) is 28.1 Å². The predicted octanol–water partition coefficient (Wildman–Crippen LogP) is 3.98. The fourth-order valence-corrected chi connectivity index (χ4v) is 3.00. The topological polar surface area (TPSA) is 52.9 Å². The minimum Gasteiger partial charge on any atom is -0.351 e. The van der Waals surface area contributed by atoms with Crippen LogP contribution >= 0.6 is 27.7 Å². The number of hydrogen-bond acceptors (Lipinski definition) is 3. The van der Waals surface area contributed by atoms with Crippen molar-refractivity contribution in [2.75, 3.05) is 12.3 Å². The summed E-state index contributed by atoms with van der Waals surface area (Å²) in [4.78, 5) is 11.9. The lowest BCUT2D eigenvalue weighted by Crippen LogP contribution is -2.25. The first-order valence-electron chi connectivity index (χ1n) is 6.80. The Hall–Kier alpha value is -1.77. The highest BCUT2D eigenvalue weighted by Crippen LogP contribution is 2.15. The number of carbonyl (C=O) groups excluding carboxylic acids is 1. The fourth-order valence-electron chi connectivity index (χ4n) is 1.88. The van der Waals surface area contributed by atoms with Crippen molar-refractivity contribution in [3.8, 4) is 6.07 Å². The van der Waals surface area contributed by atoms with E-state index in [1.54, 1.807) is 23.9 Å². The molecule has 1 amide bonds. The van der Waals surface area contributed by atoms with Gasteiger partial charge in [0.15, 0.2) is 0 Å². The summed E-state index contributed by atoms with van der Waals surface area (Å²) in [5, 5.41) is 11.9. The van der Waals surface area contributed by atoms with E-state index in [-0.39, 0.29) is 5.91 Å². The monoisotopic (exact) mass is 374 g/mol. The van der Waals surface area contributed by atoms with E-state index in [2.05, 4.69) is 27.3 Å². The molecule has 0 unspecified atom stereocenters. The van der Waals surface area contributed by atoms with Gasteiger partial charge >= 0.3 is 0 Å². The largest absolute Gasteiger partial charge is 0.351 e. The minimum absolute atomic E-state index is 0.0643. The maximum absolute atomic E-state index is 11.9. The van der Waals surface area contributed by atoms with Crippen molar-refractivity contribution >= 4 is 33.6 Å². The van der Waals surface area contributed by atoms with Crippen molar-refractivity contribution in [3.05, 3.63) is 69.7 Å². The smallest absolute Gasteiger partial charge is 0.251 e. The average Bonchev–Trinajstić information content (AvgIpc) is 2.55. The van der Waals surface area contributed by atoms with Crippen LogP contribution in [-0.4, -0.2) is 18.2 Å². The summed E-state index contributed by atoms with van der Waals surface area (Å²) in [6.45, 7) is 0.605. The molecular weight excluding hydrogens is 360 g/mol. The van der Waals surface area contributed by atoms with E-state index in [0.29, 0.717) is 17.7 Å². The highest BCUT2D eigenvalue weighted by molar-refractivity contribution is 9.10. The molecule has 0 atom stereocenters. The van der Waals surface area contributed by atoms with Gasteiger partial charge in [0.2, 0.25) is 0 Å². The van der Waals surface area contributed by atoms with Gasteiger partial charge in [-0.15, -0.1) is 0 Å². The molecule has 2 rings (SSSR count). The molecular formula is C17H15BrN2OS. The SMILES string of the molecule is N#Cc1ccccc1CSCCNC(=O)c1ccc(Br)cc1. The van der Waals surface area contributed by atoms with Gasteiger partial charge in [0.1, 0.15) is 0 Å². The summed E-state index contributed by atoms with van der Waals surface area (Å²) >= 11 is 5.05. The second kappa shape index (κ2) is 8.62. The summed E-state index contributed by atoms with van der Waals surface area (Å²) in [6, 6.07) is 17.1. The first kappa shape index (κ1) is 16.6. The lowest BCUT2D eigenvalue weighted by molar-refractivity contribution is 0.0956. The highest BCUT2D eigenvalue weighted by atomic mass is 79.9. The molecule has 0 bridgehead atoms. The van der Waals surface area contributed by atoms with E-state index in [4.69, 9.17) is 5.26 Å². The normalized spacial score (nSPS) is 10.0. The van der Waals surface area contributed by atoms with Crippen LogP contribution in [0.15, 0.2) is 53.0 Å². The molecule has 3 nitrogen and oxygen atoms in total. The Bertz CT molecular complexity index is 680.